The lowest BCUT2D eigenvalue weighted by atomic mass is 9.76. The summed E-state index contributed by atoms with van der Waals surface area (Å²) >= 11 is 0. The Morgan fingerprint density at radius 2 is 1.74 bits per heavy atom. The number of para-hydroxylation sites is 1. The number of allylic oxidation sites excluding steroid dienone is 2. The molecule has 0 aromatic heterocycles. The predicted octanol–water partition coefficient (Wildman–Crippen LogP) is 6.76. The van der Waals surface area contributed by atoms with Crippen molar-refractivity contribution in [3.05, 3.63) is 71.3 Å². The highest BCUT2D eigenvalue weighted by atomic mass is 16.2. The highest BCUT2D eigenvalue weighted by Crippen LogP contribution is 2.51. The van der Waals surface area contributed by atoms with E-state index >= 15 is 0 Å². The van der Waals surface area contributed by atoms with Crippen molar-refractivity contribution in [2.45, 2.75) is 70.4 Å². The number of amides is 1. The Hall–Kier alpha value is -2.75. The van der Waals surface area contributed by atoms with E-state index in [1.54, 1.807) is 0 Å². The molecule has 0 spiro atoms. The first-order valence-electron chi connectivity index (χ1n) is 13.3. The molecule has 3 atom stereocenters. The molecule has 1 N–H and O–H groups in total. The van der Waals surface area contributed by atoms with Crippen LogP contribution in [0.5, 0.6) is 0 Å². The van der Waals surface area contributed by atoms with Gasteiger partial charge in [-0.2, -0.15) is 0 Å². The summed E-state index contributed by atoms with van der Waals surface area (Å²) in [5.41, 5.74) is 5.73. The van der Waals surface area contributed by atoms with Crippen LogP contribution in [0.2, 0.25) is 0 Å². The van der Waals surface area contributed by atoms with Crippen molar-refractivity contribution in [1.82, 2.24) is 4.90 Å². The maximum absolute atomic E-state index is 13.7. The third-order valence-electron chi connectivity index (χ3n) is 8.45. The van der Waals surface area contributed by atoms with Gasteiger partial charge in [-0.05, 0) is 68.4 Å². The Morgan fingerprint density at radius 1 is 1.00 bits per heavy atom. The van der Waals surface area contributed by atoms with Gasteiger partial charge in [-0.1, -0.05) is 55.7 Å². The van der Waals surface area contributed by atoms with Gasteiger partial charge in [0, 0.05) is 37.8 Å². The molecule has 3 unspecified atom stereocenters. The average molecular weight is 458 g/mol. The molecule has 0 radical (unpaired) electrons. The van der Waals surface area contributed by atoms with Crippen molar-refractivity contribution in [2.75, 3.05) is 30.4 Å². The first-order chi connectivity index (χ1) is 16.6. The van der Waals surface area contributed by atoms with Gasteiger partial charge in [0.05, 0.1) is 17.3 Å². The lowest BCUT2D eigenvalue weighted by Gasteiger charge is -2.39. The number of fused-ring (bicyclic) bond motifs is 3. The van der Waals surface area contributed by atoms with E-state index in [4.69, 9.17) is 0 Å². The fourth-order valence-corrected chi connectivity index (χ4v) is 6.44. The van der Waals surface area contributed by atoms with E-state index in [0.717, 1.165) is 43.6 Å². The minimum atomic E-state index is 0.160. The molecule has 1 fully saturated rings. The molecular formula is C30H39N3O. The zero-order chi connectivity index (χ0) is 23.7. The molecule has 0 saturated heterocycles. The number of rotatable bonds is 6. The van der Waals surface area contributed by atoms with Crippen LogP contribution < -0.4 is 10.2 Å². The molecule has 4 heteroatoms. The van der Waals surface area contributed by atoms with E-state index < -0.39 is 0 Å². The standard InChI is InChI=1S/C30H39N3O/c1-4-33(5-2)23-19-17-21(18-20-23)28-25-14-9-13-24(25)26-15-10-16-27(29(26)31-28)30(34)32(3)22-11-7-6-8-12-22/h9-10,13,15-20,22,24-25,28,31H,4-8,11-12,14H2,1-3H3. The third kappa shape index (κ3) is 4.12. The fraction of sp³-hybridized carbons (Fsp3) is 0.500. The molecule has 1 saturated carbocycles. The maximum Gasteiger partial charge on any atom is 0.255 e. The lowest BCUT2D eigenvalue weighted by Crippen LogP contribution is -2.39. The largest absolute Gasteiger partial charge is 0.377 e. The van der Waals surface area contributed by atoms with Crippen molar-refractivity contribution < 1.29 is 4.79 Å². The summed E-state index contributed by atoms with van der Waals surface area (Å²) in [7, 11) is 2.00. The molecule has 34 heavy (non-hydrogen) atoms. The van der Waals surface area contributed by atoms with Crippen molar-refractivity contribution in [3.8, 4) is 0 Å². The van der Waals surface area contributed by atoms with E-state index in [2.05, 4.69) is 72.6 Å². The number of hydrogen-bond acceptors (Lipinski definition) is 3. The van der Waals surface area contributed by atoms with Crippen LogP contribution in [-0.2, 0) is 0 Å². The first kappa shape index (κ1) is 23.0. The Labute approximate surface area is 205 Å². The van der Waals surface area contributed by atoms with Gasteiger partial charge in [0.15, 0.2) is 0 Å². The summed E-state index contributed by atoms with van der Waals surface area (Å²) in [5.74, 6) is 0.997. The number of carbonyl (C=O) groups is 1. The number of benzene rings is 2. The topological polar surface area (TPSA) is 35.6 Å². The van der Waals surface area contributed by atoms with Crippen LogP contribution in [0.15, 0.2) is 54.6 Å². The van der Waals surface area contributed by atoms with E-state index in [9.17, 15) is 4.79 Å². The second-order valence-corrected chi connectivity index (χ2v) is 10.2. The maximum atomic E-state index is 13.7. The number of carbonyl (C=O) groups excluding carboxylic acids is 1. The van der Waals surface area contributed by atoms with Crippen LogP contribution in [-0.4, -0.2) is 37.0 Å². The number of anilines is 2. The highest BCUT2D eigenvalue weighted by molar-refractivity contribution is 6.01. The van der Waals surface area contributed by atoms with Crippen LogP contribution in [0.4, 0.5) is 11.4 Å². The Kier molecular flexibility index (Phi) is 6.67. The van der Waals surface area contributed by atoms with Crippen LogP contribution in [0, 0.1) is 5.92 Å². The second kappa shape index (κ2) is 9.85. The Bertz CT molecular complexity index is 1030. The monoisotopic (exact) mass is 457 g/mol. The molecule has 4 nitrogen and oxygen atoms in total. The van der Waals surface area contributed by atoms with Gasteiger partial charge in [-0.3, -0.25) is 4.79 Å². The van der Waals surface area contributed by atoms with Crippen molar-refractivity contribution in [2.24, 2.45) is 5.92 Å². The molecular weight excluding hydrogens is 418 g/mol. The van der Waals surface area contributed by atoms with E-state index in [1.165, 1.54) is 36.1 Å². The first-order valence-corrected chi connectivity index (χ1v) is 13.3. The van der Waals surface area contributed by atoms with E-state index in [-0.39, 0.29) is 11.9 Å². The third-order valence-corrected chi connectivity index (χ3v) is 8.45. The van der Waals surface area contributed by atoms with Crippen molar-refractivity contribution in [1.29, 1.82) is 0 Å². The van der Waals surface area contributed by atoms with Gasteiger partial charge in [-0.15, -0.1) is 0 Å². The number of hydrogen-bond donors (Lipinski definition) is 1. The molecule has 1 heterocycles. The predicted molar refractivity (Wildman–Crippen MR) is 142 cm³/mol. The van der Waals surface area contributed by atoms with Gasteiger partial charge in [0.2, 0.25) is 0 Å². The minimum absolute atomic E-state index is 0.160. The van der Waals surface area contributed by atoms with Crippen LogP contribution in [0.1, 0.15) is 85.8 Å². The zero-order valence-electron chi connectivity index (χ0n) is 21.0. The Morgan fingerprint density at radius 3 is 2.44 bits per heavy atom. The van der Waals surface area contributed by atoms with E-state index in [0.29, 0.717) is 17.9 Å². The Balaban J connectivity index is 1.46. The molecule has 180 valence electrons. The molecule has 0 bridgehead atoms. The van der Waals surface area contributed by atoms with Gasteiger partial charge in [0.25, 0.3) is 5.91 Å². The lowest BCUT2D eigenvalue weighted by molar-refractivity contribution is 0.0697. The summed E-state index contributed by atoms with van der Waals surface area (Å²) in [6, 6.07) is 15.9. The van der Waals surface area contributed by atoms with E-state index in [1.807, 2.05) is 18.0 Å². The number of nitrogens with one attached hydrogen (secondary N) is 1. The summed E-state index contributed by atoms with van der Waals surface area (Å²) in [5, 5.41) is 3.87. The minimum Gasteiger partial charge on any atom is -0.377 e. The second-order valence-electron chi connectivity index (χ2n) is 10.2. The zero-order valence-corrected chi connectivity index (χ0v) is 21.0. The van der Waals surface area contributed by atoms with Crippen LogP contribution >= 0.6 is 0 Å². The summed E-state index contributed by atoms with van der Waals surface area (Å²) < 4.78 is 0. The SMILES string of the molecule is CCN(CC)c1ccc(C2Nc3c(C(=O)N(C)C4CCCCC4)cccc3C3C=CCC32)cc1. The molecule has 1 aliphatic heterocycles. The van der Waals surface area contributed by atoms with Crippen LogP contribution in [0.3, 0.4) is 0 Å². The van der Waals surface area contributed by atoms with Crippen molar-refractivity contribution >= 4 is 17.3 Å². The fourth-order valence-electron chi connectivity index (χ4n) is 6.44. The van der Waals surface area contributed by atoms with Gasteiger partial charge >= 0.3 is 0 Å². The normalized spacial score (nSPS) is 23.7. The van der Waals surface area contributed by atoms with Gasteiger partial charge in [0.1, 0.15) is 0 Å². The van der Waals surface area contributed by atoms with Gasteiger partial charge in [-0.25, -0.2) is 0 Å². The van der Waals surface area contributed by atoms with Crippen LogP contribution in [0.25, 0.3) is 0 Å². The summed E-state index contributed by atoms with van der Waals surface area (Å²) in [4.78, 5) is 18.1. The smallest absolute Gasteiger partial charge is 0.255 e. The highest BCUT2D eigenvalue weighted by Gasteiger charge is 2.39. The van der Waals surface area contributed by atoms with Crippen molar-refractivity contribution in [3.63, 3.8) is 0 Å². The quantitative estimate of drug-likeness (QED) is 0.487. The molecule has 5 rings (SSSR count). The molecule has 1 amide bonds. The number of nitrogens with zero attached hydrogens (tertiary/aromatic N) is 2. The van der Waals surface area contributed by atoms with Gasteiger partial charge < -0.3 is 15.1 Å². The molecule has 3 aliphatic rings. The molecule has 2 aliphatic carbocycles. The average Bonchev–Trinajstić information content (AvgIpc) is 3.39. The molecule has 2 aromatic carbocycles. The summed E-state index contributed by atoms with van der Waals surface area (Å²) in [6.07, 6.45) is 11.8. The summed E-state index contributed by atoms with van der Waals surface area (Å²) in [6.45, 7) is 6.43. The molecule has 2 aromatic rings.